The van der Waals surface area contributed by atoms with Crippen LogP contribution in [-0.2, 0) is 41.8 Å². The number of hydrogen-bond donors (Lipinski definition) is 3. The van der Waals surface area contributed by atoms with E-state index in [-0.39, 0.29) is 58.7 Å². The van der Waals surface area contributed by atoms with Crippen LogP contribution < -0.4 is 15.4 Å². The molecule has 3 N–H and O–H groups in total. The monoisotopic (exact) mass is 661 g/mol. The zero-order chi connectivity index (χ0) is 34.2. The van der Waals surface area contributed by atoms with Crippen molar-refractivity contribution in [2.24, 2.45) is 0 Å². The van der Waals surface area contributed by atoms with Gasteiger partial charge in [-0.15, -0.1) is 0 Å². The number of halogens is 6. The predicted octanol–water partition coefficient (Wildman–Crippen LogP) is 3.83. The summed E-state index contributed by atoms with van der Waals surface area (Å²) in [5.41, 5.74) is -1.42. The number of pyridine rings is 1. The molecule has 246 valence electrons. The van der Waals surface area contributed by atoms with Gasteiger partial charge in [-0.25, -0.2) is 13.2 Å². The molecule has 0 saturated carbocycles. The van der Waals surface area contributed by atoms with E-state index in [4.69, 9.17) is 0 Å². The van der Waals surface area contributed by atoms with Crippen molar-refractivity contribution in [3.05, 3.63) is 106 Å². The second-order valence-electron chi connectivity index (χ2n) is 10.8. The molecule has 2 aromatic carbocycles. The van der Waals surface area contributed by atoms with E-state index < -0.39 is 59.6 Å². The lowest BCUT2D eigenvalue weighted by Crippen LogP contribution is -2.43. The maximum absolute atomic E-state index is 14.5. The number of fused-ring (bicyclic) bond motifs is 1. The molecular weight excluding hydrogens is 634 g/mol. The van der Waals surface area contributed by atoms with Gasteiger partial charge in [0.2, 0.25) is 18.0 Å². The van der Waals surface area contributed by atoms with Crippen LogP contribution in [0.15, 0.2) is 54.7 Å². The van der Waals surface area contributed by atoms with Gasteiger partial charge in [0.25, 0.3) is 11.6 Å². The first kappa shape index (κ1) is 33.0. The van der Waals surface area contributed by atoms with Gasteiger partial charge in [0.1, 0.15) is 30.0 Å². The molecule has 0 spiro atoms. The Labute approximate surface area is 263 Å². The Morgan fingerprint density at radius 2 is 1.74 bits per heavy atom. The van der Waals surface area contributed by atoms with Gasteiger partial charge in [-0.2, -0.15) is 18.3 Å². The molecular formula is C31H27F6N6O4+. The van der Waals surface area contributed by atoms with E-state index >= 15 is 0 Å². The highest BCUT2D eigenvalue weighted by molar-refractivity contribution is 5.95. The van der Waals surface area contributed by atoms with Gasteiger partial charge < -0.3 is 15.5 Å². The molecule has 0 fully saturated rings. The number of benzene rings is 2. The van der Waals surface area contributed by atoms with Crippen molar-refractivity contribution in [2.75, 3.05) is 7.05 Å². The van der Waals surface area contributed by atoms with Crippen LogP contribution in [0.1, 0.15) is 51.5 Å². The first-order valence-electron chi connectivity index (χ1n) is 14.1. The third kappa shape index (κ3) is 6.90. The summed E-state index contributed by atoms with van der Waals surface area (Å²) >= 11 is 0. The molecule has 1 atom stereocenters. The Kier molecular flexibility index (Phi) is 8.96. The summed E-state index contributed by atoms with van der Waals surface area (Å²) in [6.07, 6.45) is -4.00. The van der Waals surface area contributed by atoms with Gasteiger partial charge in [-0.1, -0.05) is 6.07 Å². The molecule has 1 aliphatic rings. The van der Waals surface area contributed by atoms with E-state index in [1.807, 2.05) is 0 Å². The number of nitrogens with one attached hydrogen (secondary N) is 2. The largest absolute Gasteiger partial charge is 0.435 e. The second kappa shape index (κ2) is 12.8. The molecule has 0 unspecified atom stereocenters. The lowest BCUT2D eigenvalue weighted by Gasteiger charge is -2.19. The maximum Gasteiger partial charge on any atom is 0.435 e. The molecule has 0 aliphatic carbocycles. The van der Waals surface area contributed by atoms with E-state index in [0.717, 1.165) is 27.8 Å². The minimum atomic E-state index is -4.87. The van der Waals surface area contributed by atoms with Crippen molar-refractivity contribution >= 4 is 17.7 Å². The Morgan fingerprint density at radius 1 is 1.04 bits per heavy atom. The number of carbonyl (C=O) groups excluding carboxylic acids is 3. The first-order chi connectivity index (χ1) is 22.2. The summed E-state index contributed by atoms with van der Waals surface area (Å²) in [5.74, 6) is -4.80. The van der Waals surface area contributed by atoms with Gasteiger partial charge in [-0.05, 0) is 41.5 Å². The van der Waals surface area contributed by atoms with Crippen LogP contribution in [0, 0.1) is 17.5 Å². The van der Waals surface area contributed by atoms with Crippen LogP contribution in [0.5, 0.6) is 0 Å². The molecule has 0 radical (unpaired) electrons. The molecule has 0 saturated heterocycles. The lowest BCUT2D eigenvalue weighted by molar-refractivity contribution is -0.910. The van der Waals surface area contributed by atoms with Gasteiger partial charge in [0.15, 0.2) is 5.69 Å². The summed E-state index contributed by atoms with van der Waals surface area (Å²) in [6, 6.07) is 7.79. The molecule has 5 rings (SSSR count). The SMILES string of the molecule is CNC(=O)c1cc(-c2ccc[n+](O)c2[C@H](Cc2cc(F)cc(F)c2)NC(=O)Cn2nc(C(F)(F)F)c3c2CN(C(C)=O)C3)ccc1F. The fourth-order valence-corrected chi connectivity index (χ4v) is 5.55. The maximum atomic E-state index is 14.5. The quantitative estimate of drug-likeness (QED) is 0.151. The van der Waals surface area contributed by atoms with Crippen molar-refractivity contribution < 1.29 is 50.7 Å². The predicted molar refractivity (Wildman–Crippen MR) is 151 cm³/mol. The number of rotatable bonds is 8. The number of alkyl halides is 3. The van der Waals surface area contributed by atoms with Crippen molar-refractivity contribution in [3.8, 4) is 11.1 Å². The summed E-state index contributed by atoms with van der Waals surface area (Å²) in [7, 11) is 1.30. The van der Waals surface area contributed by atoms with Crippen molar-refractivity contribution in [1.29, 1.82) is 0 Å². The normalized spacial score (nSPS) is 13.3. The Hall–Kier alpha value is -5.41. The standard InChI is InChI=1S/C31H26F6N6O4/c1-16(44)41-13-23-26(14-41)42(40-29(23)31(35,36)37)15-27(45)39-25(10-17-8-19(32)12-20(33)9-17)28-21(4-3-7-43(28)47)18-5-6-24(34)22(11-18)30(46)38-2/h3-9,11-12,25H,10,13-15H2,1-2H3,(H2-,38,39,45,46,47)/p+1/t25-/m0/s1. The third-order valence-electron chi connectivity index (χ3n) is 7.65. The number of nitrogens with zero attached hydrogens (tertiary/aromatic N) is 4. The number of amides is 3. The van der Waals surface area contributed by atoms with Gasteiger partial charge in [0, 0.05) is 42.8 Å². The van der Waals surface area contributed by atoms with Crippen LogP contribution in [0.4, 0.5) is 26.3 Å². The fraction of sp³-hybridized carbons (Fsp3) is 0.258. The zero-order valence-corrected chi connectivity index (χ0v) is 24.8. The topological polar surface area (TPSA) is 120 Å². The van der Waals surface area contributed by atoms with Crippen molar-refractivity contribution in [2.45, 2.75) is 45.2 Å². The van der Waals surface area contributed by atoms with Crippen LogP contribution in [-0.4, -0.2) is 44.7 Å². The molecule has 16 heteroatoms. The van der Waals surface area contributed by atoms with Crippen LogP contribution in [0.25, 0.3) is 11.1 Å². The van der Waals surface area contributed by atoms with Gasteiger partial charge in [-0.3, -0.25) is 24.3 Å². The smallest absolute Gasteiger partial charge is 0.355 e. The molecule has 3 amide bonds. The molecule has 10 nitrogen and oxygen atoms in total. The van der Waals surface area contributed by atoms with Gasteiger partial charge >= 0.3 is 6.18 Å². The molecule has 0 bridgehead atoms. The lowest BCUT2D eigenvalue weighted by atomic mass is 9.94. The Morgan fingerprint density at radius 3 is 2.38 bits per heavy atom. The molecule has 2 aromatic heterocycles. The highest BCUT2D eigenvalue weighted by Crippen LogP contribution is 2.37. The molecule has 47 heavy (non-hydrogen) atoms. The first-order valence-corrected chi connectivity index (χ1v) is 14.1. The molecule has 1 aliphatic heterocycles. The number of hydrogen-bond acceptors (Lipinski definition) is 5. The van der Waals surface area contributed by atoms with Crippen molar-refractivity contribution in [1.82, 2.24) is 25.3 Å². The minimum absolute atomic E-state index is 0.0112. The zero-order valence-electron chi connectivity index (χ0n) is 24.8. The van der Waals surface area contributed by atoms with Crippen molar-refractivity contribution in [3.63, 3.8) is 0 Å². The highest BCUT2D eigenvalue weighted by atomic mass is 19.4. The Balaban J connectivity index is 1.56. The molecule has 4 aromatic rings. The summed E-state index contributed by atoms with van der Waals surface area (Å²) < 4.78 is 85.8. The highest BCUT2D eigenvalue weighted by Gasteiger charge is 2.42. The van der Waals surface area contributed by atoms with Crippen LogP contribution in [0.3, 0.4) is 0 Å². The van der Waals surface area contributed by atoms with E-state index in [9.17, 15) is 45.9 Å². The van der Waals surface area contributed by atoms with E-state index in [1.165, 1.54) is 44.4 Å². The average Bonchev–Trinajstić information content (AvgIpc) is 3.56. The number of aromatic nitrogens is 3. The van der Waals surface area contributed by atoms with E-state index in [2.05, 4.69) is 15.7 Å². The van der Waals surface area contributed by atoms with Gasteiger partial charge in [0.05, 0.1) is 29.9 Å². The summed E-state index contributed by atoms with van der Waals surface area (Å²) in [4.78, 5) is 38.9. The summed E-state index contributed by atoms with van der Waals surface area (Å²) in [5, 5.41) is 19.5. The van der Waals surface area contributed by atoms with Crippen LogP contribution in [0.2, 0.25) is 0 Å². The fourth-order valence-electron chi connectivity index (χ4n) is 5.55. The third-order valence-corrected chi connectivity index (χ3v) is 7.65. The molecule has 3 heterocycles. The minimum Gasteiger partial charge on any atom is -0.355 e. The average molecular weight is 662 g/mol. The second-order valence-corrected chi connectivity index (χ2v) is 10.8. The van der Waals surface area contributed by atoms with E-state index in [0.29, 0.717) is 10.8 Å². The number of carbonyl (C=O) groups is 3. The van der Waals surface area contributed by atoms with E-state index in [1.54, 1.807) is 0 Å². The summed E-state index contributed by atoms with van der Waals surface area (Å²) in [6.45, 7) is -0.111. The Bertz CT molecular complexity index is 1870. The van der Waals surface area contributed by atoms with Crippen LogP contribution >= 0.6 is 0 Å².